The van der Waals surface area contributed by atoms with Crippen molar-refractivity contribution < 1.29 is 19.8 Å². The topological polar surface area (TPSA) is 115 Å². The molecule has 0 saturated heterocycles. The summed E-state index contributed by atoms with van der Waals surface area (Å²) in [7, 11) is 0. The van der Waals surface area contributed by atoms with Crippen LogP contribution in [-0.2, 0) is 0 Å². The lowest BCUT2D eigenvalue weighted by molar-refractivity contribution is 0.0685. The zero-order chi connectivity index (χ0) is 12.0. The second-order valence-corrected chi connectivity index (χ2v) is 3.12. The zero-order valence-corrected chi connectivity index (χ0v) is 8.56. The first kappa shape index (κ1) is 12.2. The summed E-state index contributed by atoms with van der Waals surface area (Å²) in [5, 5.41) is 19.8. The van der Waals surface area contributed by atoms with Gasteiger partial charge in [0.2, 0.25) is 0 Å². The van der Waals surface area contributed by atoms with Gasteiger partial charge in [0.15, 0.2) is 11.4 Å². The first-order chi connectivity index (χ1) is 7.66. The number of imidazole rings is 1. The molecular weight excluding hydrogens is 214 g/mol. The maximum atomic E-state index is 11.5. The summed E-state index contributed by atoms with van der Waals surface area (Å²) in [6, 6.07) is 0. The zero-order valence-electron chi connectivity index (χ0n) is 8.56. The lowest BCUT2D eigenvalue weighted by atomic mass is 10.3. The molecule has 88 valence electrons. The largest absolute Gasteiger partial charge is 0.477 e. The Bertz CT molecular complexity index is 375. The SMILES string of the molecule is O=C(NCCCCO)c1nc[nH]c1C(=O)O. The van der Waals surface area contributed by atoms with Crippen LogP contribution in [0.4, 0.5) is 0 Å². The van der Waals surface area contributed by atoms with Gasteiger partial charge in [0.05, 0.1) is 6.33 Å². The molecule has 0 aromatic carbocycles. The Morgan fingerprint density at radius 2 is 2.19 bits per heavy atom. The van der Waals surface area contributed by atoms with Gasteiger partial charge in [-0.05, 0) is 12.8 Å². The summed E-state index contributed by atoms with van der Waals surface area (Å²) in [5.74, 6) is -1.76. The molecule has 0 aliphatic heterocycles. The number of hydrogen-bond acceptors (Lipinski definition) is 4. The quantitative estimate of drug-likeness (QED) is 0.494. The van der Waals surface area contributed by atoms with Gasteiger partial charge in [-0.2, -0.15) is 0 Å². The molecule has 0 aliphatic rings. The number of nitrogens with one attached hydrogen (secondary N) is 2. The van der Waals surface area contributed by atoms with E-state index in [1.807, 2.05) is 0 Å². The van der Waals surface area contributed by atoms with Crippen molar-refractivity contribution in [2.75, 3.05) is 13.2 Å². The third-order valence-electron chi connectivity index (χ3n) is 1.94. The molecule has 7 heteroatoms. The third kappa shape index (κ3) is 3.06. The predicted octanol–water partition coefficient (Wildman–Crippen LogP) is -0.390. The fraction of sp³-hybridized carbons (Fsp3) is 0.444. The average molecular weight is 227 g/mol. The maximum absolute atomic E-state index is 11.5. The summed E-state index contributed by atoms with van der Waals surface area (Å²) in [4.78, 5) is 28.2. The van der Waals surface area contributed by atoms with Gasteiger partial charge in [-0.3, -0.25) is 4.79 Å². The highest BCUT2D eigenvalue weighted by atomic mass is 16.4. The van der Waals surface area contributed by atoms with Crippen molar-refractivity contribution in [3.8, 4) is 0 Å². The molecule has 4 N–H and O–H groups in total. The molecule has 1 amide bonds. The van der Waals surface area contributed by atoms with E-state index in [0.717, 1.165) is 6.33 Å². The van der Waals surface area contributed by atoms with E-state index in [-0.39, 0.29) is 18.0 Å². The lowest BCUT2D eigenvalue weighted by Crippen LogP contribution is -2.26. The molecule has 0 bridgehead atoms. The number of carbonyl (C=O) groups is 2. The highest BCUT2D eigenvalue weighted by Gasteiger charge is 2.18. The Kier molecular flexibility index (Phi) is 4.46. The first-order valence-electron chi connectivity index (χ1n) is 4.82. The van der Waals surface area contributed by atoms with Crippen LogP contribution in [0.15, 0.2) is 6.33 Å². The Hall–Kier alpha value is -1.89. The van der Waals surface area contributed by atoms with Crippen LogP contribution in [0.3, 0.4) is 0 Å². The number of hydrogen-bond donors (Lipinski definition) is 4. The van der Waals surface area contributed by atoms with Crippen LogP contribution in [0, 0.1) is 0 Å². The van der Waals surface area contributed by atoms with E-state index in [1.54, 1.807) is 0 Å². The van der Waals surface area contributed by atoms with E-state index in [4.69, 9.17) is 10.2 Å². The van der Waals surface area contributed by atoms with Gasteiger partial charge in [0.25, 0.3) is 5.91 Å². The molecule has 16 heavy (non-hydrogen) atoms. The van der Waals surface area contributed by atoms with Gasteiger partial charge < -0.3 is 20.5 Å². The van der Waals surface area contributed by atoms with Crippen molar-refractivity contribution in [3.63, 3.8) is 0 Å². The van der Waals surface area contributed by atoms with Crippen LogP contribution in [0.25, 0.3) is 0 Å². The molecule has 0 saturated carbocycles. The van der Waals surface area contributed by atoms with Gasteiger partial charge in [-0.1, -0.05) is 0 Å². The minimum atomic E-state index is -1.22. The monoisotopic (exact) mass is 227 g/mol. The van der Waals surface area contributed by atoms with Crippen LogP contribution in [0.2, 0.25) is 0 Å². The number of carbonyl (C=O) groups excluding carboxylic acids is 1. The number of unbranched alkanes of at least 4 members (excludes halogenated alkanes) is 1. The summed E-state index contributed by atoms with van der Waals surface area (Å²) in [6.07, 6.45) is 2.38. The molecule has 0 radical (unpaired) electrons. The second-order valence-electron chi connectivity index (χ2n) is 3.12. The lowest BCUT2D eigenvalue weighted by Gasteiger charge is -2.02. The van der Waals surface area contributed by atoms with E-state index in [2.05, 4.69) is 15.3 Å². The van der Waals surface area contributed by atoms with Crippen LogP contribution >= 0.6 is 0 Å². The van der Waals surface area contributed by atoms with Crippen LogP contribution < -0.4 is 5.32 Å². The minimum absolute atomic E-state index is 0.0681. The number of aromatic amines is 1. The van der Waals surface area contributed by atoms with E-state index >= 15 is 0 Å². The third-order valence-corrected chi connectivity index (χ3v) is 1.94. The maximum Gasteiger partial charge on any atom is 0.354 e. The molecule has 1 rings (SSSR count). The summed E-state index contributed by atoms with van der Waals surface area (Å²) < 4.78 is 0. The molecule has 7 nitrogen and oxygen atoms in total. The number of aliphatic hydroxyl groups excluding tert-OH is 1. The number of aromatic carboxylic acids is 1. The number of aromatic nitrogens is 2. The Labute approximate surface area is 91.5 Å². The molecular formula is C9H13N3O4. The molecule has 1 aromatic heterocycles. The van der Waals surface area contributed by atoms with Crippen LogP contribution in [0.1, 0.15) is 33.8 Å². The summed E-state index contributed by atoms with van der Waals surface area (Å²) in [5.41, 5.74) is -0.351. The number of nitrogens with zero attached hydrogens (tertiary/aromatic N) is 1. The van der Waals surface area contributed by atoms with E-state index < -0.39 is 11.9 Å². The van der Waals surface area contributed by atoms with Crippen molar-refractivity contribution >= 4 is 11.9 Å². The number of H-pyrrole nitrogens is 1. The Morgan fingerprint density at radius 3 is 2.81 bits per heavy atom. The van der Waals surface area contributed by atoms with E-state index in [1.165, 1.54) is 0 Å². The molecule has 0 unspecified atom stereocenters. The molecule has 0 fully saturated rings. The molecule has 1 aromatic rings. The average Bonchev–Trinajstić information content (AvgIpc) is 2.73. The smallest absolute Gasteiger partial charge is 0.354 e. The van der Waals surface area contributed by atoms with Gasteiger partial charge in [-0.15, -0.1) is 0 Å². The molecule has 0 aliphatic carbocycles. The molecule has 0 atom stereocenters. The van der Waals surface area contributed by atoms with Gasteiger partial charge in [0.1, 0.15) is 0 Å². The van der Waals surface area contributed by atoms with Gasteiger partial charge in [-0.25, -0.2) is 9.78 Å². The van der Waals surface area contributed by atoms with Crippen molar-refractivity contribution in [1.29, 1.82) is 0 Å². The van der Waals surface area contributed by atoms with E-state index in [0.29, 0.717) is 19.4 Å². The number of aliphatic hydroxyl groups is 1. The van der Waals surface area contributed by atoms with Crippen molar-refractivity contribution in [2.24, 2.45) is 0 Å². The van der Waals surface area contributed by atoms with Crippen LogP contribution in [-0.4, -0.2) is 45.2 Å². The van der Waals surface area contributed by atoms with Gasteiger partial charge in [0, 0.05) is 13.2 Å². The van der Waals surface area contributed by atoms with Crippen molar-refractivity contribution in [3.05, 3.63) is 17.7 Å². The van der Waals surface area contributed by atoms with Crippen LogP contribution in [0.5, 0.6) is 0 Å². The van der Waals surface area contributed by atoms with E-state index in [9.17, 15) is 9.59 Å². The fourth-order valence-corrected chi connectivity index (χ4v) is 1.15. The standard InChI is InChI=1S/C9H13N3O4/c13-4-2-1-3-10-8(14)6-7(9(15)16)12-5-11-6/h5,13H,1-4H2,(H,10,14)(H,11,12)(H,15,16). The predicted molar refractivity (Wildman–Crippen MR) is 54.2 cm³/mol. The summed E-state index contributed by atoms with van der Waals surface area (Å²) >= 11 is 0. The Balaban J connectivity index is 2.53. The summed E-state index contributed by atoms with van der Waals surface area (Å²) in [6.45, 7) is 0.448. The first-order valence-corrected chi connectivity index (χ1v) is 4.82. The highest BCUT2D eigenvalue weighted by Crippen LogP contribution is 2.02. The van der Waals surface area contributed by atoms with Gasteiger partial charge >= 0.3 is 5.97 Å². The number of carboxylic acids is 1. The molecule has 1 heterocycles. The highest BCUT2D eigenvalue weighted by molar-refractivity contribution is 6.02. The Morgan fingerprint density at radius 1 is 1.44 bits per heavy atom. The second kappa shape index (κ2) is 5.86. The minimum Gasteiger partial charge on any atom is -0.477 e. The number of rotatable bonds is 6. The van der Waals surface area contributed by atoms with Crippen molar-refractivity contribution in [1.82, 2.24) is 15.3 Å². The molecule has 0 spiro atoms. The number of carboxylic acid groups (broad SMARTS) is 1. The fourth-order valence-electron chi connectivity index (χ4n) is 1.15. The van der Waals surface area contributed by atoms with Crippen molar-refractivity contribution in [2.45, 2.75) is 12.8 Å². The number of amides is 1. The normalized spacial score (nSPS) is 10.1.